The number of hydrogen-bond acceptors (Lipinski definition) is 3. The van der Waals surface area contributed by atoms with Crippen molar-refractivity contribution in [2.24, 2.45) is 0 Å². The van der Waals surface area contributed by atoms with Crippen LogP contribution in [0, 0.1) is 0 Å². The minimum atomic E-state index is -2.07. The van der Waals surface area contributed by atoms with Crippen molar-refractivity contribution in [3.8, 4) is 0 Å². The van der Waals surface area contributed by atoms with Gasteiger partial charge in [0.1, 0.15) is 0 Å². The third kappa shape index (κ3) is 14.3. The number of allylic oxidation sites excluding steroid dienone is 1. The Kier molecular flexibility index (Phi) is 16.3. The minimum absolute atomic E-state index is 0.0187. The van der Waals surface area contributed by atoms with E-state index < -0.39 is 32.7 Å². The van der Waals surface area contributed by atoms with Crippen molar-refractivity contribution in [3.63, 3.8) is 0 Å². The fourth-order valence-electron chi connectivity index (χ4n) is 3.62. The molecule has 0 aliphatic carbocycles. The second-order valence-corrected chi connectivity index (χ2v) is 15.6. The standard InChI is InChI=1S/C26H53NO4Si/c1-8-9-10-11-12-13-14-15-16-17-18-19-20-21-23(28)24(27-25(29)30)22(2)31-32(6,7)26(3,4)5/h20-24,27-28H,8-19H2,1-7H3,(H,29,30)/b21-20+/t22-,23+,24-/m0/s1. The fraction of sp³-hybridized carbons (Fsp3) is 0.885. The van der Waals surface area contributed by atoms with Crippen LogP contribution in [0.15, 0.2) is 12.2 Å². The van der Waals surface area contributed by atoms with Gasteiger partial charge in [0, 0.05) is 0 Å². The second kappa shape index (κ2) is 16.7. The first-order chi connectivity index (χ1) is 14.9. The molecule has 0 unspecified atom stereocenters. The molecule has 3 atom stereocenters. The minimum Gasteiger partial charge on any atom is -0.465 e. The van der Waals surface area contributed by atoms with Crippen LogP contribution in [0.4, 0.5) is 4.79 Å². The topological polar surface area (TPSA) is 78.8 Å². The Bertz CT molecular complexity index is 516. The van der Waals surface area contributed by atoms with Gasteiger partial charge in [0.05, 0.1) is 18.2 Å². The van der Waals surface area contributed by atoms with E-state index in [1.807, 2.05) is 13.0 Å². The maximum absolute atomic E-state index is 11.3. The monoisotopic (exact) mass is 471 g/mol. The molecule has 6 heteroatoms. The van der Waals surface area contributed by atoms with Crippen LogP contribution in [-0.2, 0) is 4.43 Å². The highest BCUT2D eigenvalue weighted by Crippen LogP contribution is 2.37. The Labute approximate surface area is 199 Å². The molecule has 0 radical (unpaired) electrons. The van der Waals surface area contributed by atoms with Crippen molar-refractivity contribution in [2.75, 3.05) is 0 Å². The molecule has 3 N–H and O–H groups in total. The van der Waals surface area contributed by atoms with Crippen LogP contribution < -0.4 is 5.32 Å². The Hall–Kier alpha value is -0.853. The predicted molar refractivity (Wildman–Crippen MR) is 139 cm³/mol. The van der Waals surface area contributed by atoms with Gasteiger partial charge >= 0.3 is 6.09 Å². The molecule has 190 valence electrons. The quantitative estimate of drug-likeness (QED) is 0.109. The molecule has 5 nitrogen and oxygen atoms in total. The lowest BCUT2D eigenvalue weighted by Gasteiger charge is -2.40. The van der Waals surface area contributed by atoms with Crippen LogP contribution in [0.1, 0.15) is 112 Å². The van der Waals surface area contributed by atoms with Gasteiger partial charge in [-0.25, -0.2) is 4.79 Å². The molecule has 32 heavy (non-hydrogen) atoms. The highest BCUT2D eigenvalue weighted by atomic mass is 28.4. The summed E-state index contributed by atoms with van der Waals surface area (Å²) >= 11 is 0. The van der Waals surface area contributed by atoms with Gasteiger partial charge in [0.25, 0.3) is 0 Å². The number of aliphatic hydroxyl groups excluding tert-OH is 1. The lowest BCUT2D eigenvalue weighted by atomic mass is 10.0. The van der Waals surface area contributed by atoms with E-state index in [1.54, 1.807) is 6.08 Å². The molecule has 0 rings (SSSR count). The van der Waals surface area contributed by atoms with Gasteiger partial charge in [-0.15, -0.1) is 0 Å². The maximum Gasteiger partial charge on any atom is 0.405 e. The summed E-state index contributed by atoms with van der Waals surface area (Å²) in [4.78, 5) is 11.3. The number of carboxylic acid groups (broad SMARTS) is 1. The number of hydrogen-bond donors (Lipinski definition) is 3. The van der Waals surface area contributed by atoms with E-state index in [2.05, 4.69) is 46.1 Å². The molecular weight excluding hydrogens is 418 g/mol. The van der Waals surface area contributed by atoms with Crippen LogP contribution in [0.5, 0.6) is 0 Å². The first kappa shape index (κ1) is 31.1. The van der Waals surface area contributed by atoms with E-state index in [-0.39, 0.29) is 5.04 Å². The second-order valence-electron chi connectivity index (χ2n) is 10.8. The van der Waals surface area contributed by atoms with Crippen LogP contribution in [0.3, 0.4) is 0 Å². The van der Waals surface area contributed by atoms with Crippen LogP contribution in [-0.4, -0.2) is 42.9 Å². The van der Waals surface area contributed by atoms with Crippen LogP contribution >= 0.6 is 0 Å². The number of amides is 1. The fourth-order valence-corrected chi connectivity index (χ4v) is 5.05. The summed E-state index contributed by atoms with van der Waals surface area (Å²) in [7, 11) is -2.07. The lowest BCUT2D eigenvalue weighted by molar-refractivity contribution is 0.0746. The van der Waals surface area contributed by atoms with Gasteiger partial charge in [-0.1, -0.05) is 104 Å². The molecular formula is C26H53NO4Si. The van der Waals surface area contributed by atoms with Crippen molar-refractivity contribution in [3.05, 3.63) is 12.2 Å². The Morgan fingerprint density at radius 1 is 0.969 bits per heavy atom. The van der Waals surface area contributed by atoms with Crippen LogP contribution in [0.25, 0.3) is 0 Å². The first-order valence-electron chi connectivity index (χ1n) is 12.9. The smallest absolute Gasteiger partial charge is 0.405 e. The summed E-state index contributed by atoms with van der Waals surface area (Å²) < 4.78 is 6.32. The van der Waals surface area contributed by atoms with Gasteiger partial charge in [-0.3, -0.25) is 0 Å². The third-order valence-electron chi connectivity index (χ3n) is 6.76. The number of nitrogens with one attached hydrogen (secondary N) is 1. The number of carbonyl (C=O) groups is 1. The van der Waals surface area contributed by atoms with Gasteiger partial charge in [0.15, 0.2) is 8.32 Å². The number of rotatable bonds is 18. The average molecular weight is 472 g/mol. The van der Waals surface area contributed by atoms with Gasteiger partial charge in [0.2, 0.25) is 0 Å². The zero-order chi connectivity index (χ0) is 24.6. The largest absolute Gasteiger partial charge is 0.465 e. The summed E-state index contributed by atoms with van der Waals surface area (Å²) in [5, 5.41) is 22.3. The normalized spacial score (nSPS) is 15.6. The zero-order valence-corrected chi connectivity index (χ0v) is 23.1. The lowest BCUT2D eigenvalue weighted by Crippen LogP contribution is -2.54. The summed E-state index contributed by atoms with van der Waals surface area (Å²) in [6, 6.07) is -0.685. The van der Waals surface area contributed by atoms with Crippen molar-refractivity contribution in [2.45, 2.75) is 148 Å². The molecule has 0 heterocycles. The molecule has 0 bridgehead atoms. The molecule has 0 aliphatic rings. The molecule has 0 aromatic carbocycles. The summed E-state index contributed by atoms with van der Waals surface area (Å²) in [5.74, 6) is 0. The summed E-state index contributed by atoms with van der Waals surface area (Å²) in [6.45, 7) is 14.8. The molecule has 0 spiro atoms. The molecule has 0 aromatic rings. The predicted octanol–water partition coefficient (Wildman–Crippen LogP) is 7.65. The van der Waals surface area contributed by atoms with E-state index in [0.29, 0.717) is 0 Å². The van der Waals surface area contributed by atoms with E-state index in [9.17, 15) is 15.0 Å². The highest BCUT2D eigenvalue weighted by molar-refractivity contribution is 6.74. The third-order valence-corrected chi connectivity index (χ3v) is 11.3. The van der Waals surface area contributed by atoms with Crippen molar-refractivity contribution >= 4 is 14.4 Å². The first-order valence-corrected chi connectivity index (χ1v) is 15.8. The van der Waals surface area contributed by atoms with E-state index in [0.717, 1.165) is 12.8 Å². The summed E-state index contributed by atoms with van der Waals surface area (Å²) in [5.41, 5.74) is 0. The molecule has 0 fully saturated rings. The molecule has 0 saturated heterocycles. The van der Waals surface area contributed by atoms with E-state index in [1.165, 1.54) is 64.2 Å². The molecule has 0 aromatic heterocycles. The van der Waals surface area contributed by atoms with Gasteiger partial charge in [-0.2, -0.15) is 0 Å². The Balaban J connectivity index is 4.28. The molecule has 0 saturated carbocycles. The van der Waals surface area contributed by atoms with Gasteiger partial charge in [-0.05, 0) is 37.9 Å². The number of aliphatic hydroxyl groups is 1. The average Bonchev–Trinajstić information content (AvgIpc) is 2.68. The van der Waals surface area contributed by atoms with E-state index >= 15 is 0 Å². The number of unbranched alkanes of at least 4 members (excludes halogenated alkanes) is 11. The Morgan fingerprint density at radius 2 is 1.44 bits per heavy atom. The van der Waals surface area contributed by atoms with Crippen LogP contribution in [0.2, 0.25) is 18.1 Å². The molecule has 1 amide bonds. The molecule has 0 aliphatic heterocycles. The Morgan fingerprint density at radius 3 is 1.88 bits per heavy atom. The van der Waals surface area contributed by atoms with E-state index in [4.69, 9.17) is 4.43 Å². The van der Waals surface area contributed by atoms with Gasteiger partial charge < -0.3 is 20.0 Å². The maximum atomic E-state index is 11.3. The highest BCUT2D eigenvalue weighted by Gasteiger charge is 2.40. The van der Waals surface area contributed by atoms with Crippen molar-refractivity contribution < 1.29 is 19.4 Å². The summed E-state index contributed by atoms with van der Waals surface area (Å²) in [6.07, 6.45) is 16.6. The van der Waals surface area contributed by atoms with Crippen molar-refractivity contribution in [1.82, 2.24) is 5.32 Å². The zero-order valence-electron chi connectivity index (χ0n) is 22.1. The SMILES string of the molecule is CCCCCCCCCCCCC/C=C/[C@@H](O)[C@@H](NC(=O)O)[C@H](C)O[Si](C)(C)C(C)(C)C. The van der Waals surface area contributed by atoms with Crippen molar-refractivity contribution in [1.29, 1.82) is 0 Å².